The molecule has 0 spiro atoms. The molecule has 2 aromatic heterocycles. The van der Waals surface area contributed by atoms with E-state index >= 15 is 0 Å². The summed E-state index contributed by atoms with van der Waals surface area (Å²) in [6.07, 6.45) is -1.41. The summed E-state index contributed by atoms with van der Waals surface area (Å²) < 4.78 is 17.6. The van der Waals surface area contributed by atoms with Gasteiger partial charge in [0.1, 0.15) is 18.3 Å². The normalized spacial score (nSPS) is 28.5. The van der Waals surface area contributed by atoms with Crippen molar-refractivity contribution in [2.24, 2.45) is 0 Å². The first kappa shape index (κ1) is 14.9. The van der Waals surface area contributed by atoms with E-state index in [4.69, 9.17) is 19.9 Å². The summed E-state index contributed by atoms with van der Waals surface area (Å²) in [4.78, 5) is 22.2. The maximum atomic E-state index is 11.8. The first-order valence-electron chi connectivity index (χ1n) is 6.64. The Balaban J connectivity index is 2.02. The number of fused-ring (bicyclic) bond motifs is 1. The first-order valence-corrected chi connectivity index (χ1v) is 6.64. The fourth-order valence-corrected chi connectivity index (χ4v) is 2.67. The summed E-state index contributed by atoms with van der Waals surface area (Å²) in [5.41, 5.74) is 5.46. The van der Waals surface area contributed by atoms with Crippen LogP contribution in [0.1, 0.15) is 6.23 Å². The third kappa shape index (κ3) is 2.25. The summed E-state index contributed by atoms with van der Waals surface area (Å²) >= 11 is 0. The van der Waals surface area contributed by atoms with Crippen LogP contribution in [-0.4, -0.2) is 63.8 Å². The molecule has 3 rings (SSSR count). The van der Waals surface area contributed by atoms with Gasteiger partial charge in [-0.15, -0.1) is 0 Å². The van der Waals surface area contributed by atoms with E-state index in [9.17, 15) is 9.90 Å². The van der Waals surface area contributed by atoms with Crippen LogP contribution in [0.25, 0.3) is 11.2 Å². The van der Waals surface area contributed by atoms with Crippen LogP contribution < -0.4 is 11.3 Å². The Hall–Kier alpha value is -2.01. The van der Waals surface area contributed by atoms with Gasteiger partial charge in [0.15, 0.2) is 17.4 Å². The monoisotopic (exact) mass is 311 g/mol. The molecule has 1 aliphatic rings. The van der Waals surface area contributed by atoms with Crippen molar-refractivity contribution >= 4 is 17.1 Å². The number of aromatic nitrogens is 4. The van der Waals surface area contributed by atoms with Gasteiger partial charge < -0.3 is 25.1 Å². The zero-order chi connectivity index (χ0) is 15.9. The van der Waals surface area contributed by atoms with E-state index in [0.717, 1.165) is 0 Å². The number of nitrogens with two attached hydrogens (primary N) is 1. The Labute approximate surface area is 124 Å². The minimum absolute atomic E-state index is 0.0385. The summed E-state index contributed by atoms with van der Waals surface area (Å²) in [7, 11) is 3.01. The van der Waals surface area contributed by atoms with Crippen LogP contribution in [0.3, 0.4) is 0 Å². The molecular weight excluding hydrogens is 294 g/mol. The molecule has 1 fully saturated rings. The highest BCUT2D eigenvalue weighted by molar-refractivity contribution is 5.70. The van der Waals surface area contributed by atoms with Gasteiger partial charge >= 0.3 is 0 Å². The molecule has 0 aromatic carbocycles. The highest BCUT2D eigenvalue weighted by Gasteiger charge is 2.45. The third-order valence-corrected chi connectivity index (χ3v) is 3.64. The van der Waals surface area contributed by atoms with Crippen molar-refractivity contribution in [3.63, 3.8) is 0 Å². The molecule has 2 unspecified atom stereocenters. The number of hydrogen-bond donors (Lipinski definition) is 3. The lowest BCUT2D eigenvalue weighted by Crippen LogP contribution is -2.35. The molecule has 10 heteroatoms. The average Bonchev–Trinajstić information content (AvgIpc) is 3.01. The number of anilines is 1. The van der Waals surface area contributed by atoms with Gasteiger partial charge in [-0.25, -0.2) is 4.98 Å². The van der Waals surface area contributed by atoms with Crippen LogP contribution in [0.5, 0.6) is 0 Å². The number of nitrogen functional groups attached to an aromatic ring is 1. The van der Waals surface area contributed by atoms with Crippen LogP contribution in [0, 0.1) is 0 Å². The molecule has 4 N–H and O–H groups in total. The summed E-state index contributed by atoms with van der Waals surface area (Å²) in [5, 5.41) is 10.4. The van der Waals surface area contributed by atoms with Crippen LogP contribution in [0.2, 0.25) is 0 Å². The summed E-state index contributed by atoms with van der Waals surface area (Å²) in [6, 6.07) is 0. The minimum atomic E-state index is -0.968. The SMILES string of the molecule is COC[C@H]1O[C@@H](n2cnc3c(=O)[nH]c(N)nc32)C(O)C1OC. The lowest BCUT2D eigenvalue weighted by molar-refractivity contribution is -0.0612. The number of rotatable bonds is 4. The van der Waals surface area contributed by atoms with E-state index in [0.29, 0.717) is 0 Å². The van der Waals surface area contributed by atoms with Crippen LogP contribution >= 0.6 is 0 Å². The third-order valence-electron chi connectivity index (χ3n) is 3.64. The Kier molecular flexibility index (Phi) is 3.83. The van der Waals surface area contributed by atoms with E-state index in [1.807, 2.05) is 0 Å². The molecule has 2 aromatic rings. The summed E-state index contributed by atoms with van der Waals surface area (Å²) in [5.74, 6) is -0.0385. The van der Waals surface area contributed by atoms with Crippen LogP contribution in [-0.2, 0) is 14.2 Å². The highest BCUT2D eigenvalue weighted by atomic mass is 16.6. The fourth-order valence-electron chi connectivity index (χ4n) is 2.67. The van der Waals surface area contributed by atoms with E-state index < -0.39 is 30.1 Å². The van der Waals surface area contributed by atoms with Gasteiger partial charge in [-0.3, -0.25) is 14.3 Å². The summed E-state index contributed by atoms with van der Waals surface area (Å²) in [6.45, 7) is 0.259. The zero-order valence-corrected chi connectivity index (χ0v) is 12.1. The quantitative estimate of drug-likeness (QED) is 0.628. The molecule has 0 saturated carbocycles. The smallest absolute Gasteiger partial charge is 0.280 e. The second kappa shape index (κ2) is 5.65. The molecule has 10 nitrogen and oxygen atoms in total. The number of nitrogens with zero attached hydrogens (tertiary/aromatic N) is 3. The molecule has 0 radical (unpaired) electrons. The van der Waals surface area contributed by atoms with Crippen molar-refractivity contribution in [2.75, 3.05) is 26.6 Å². The van der Waals surface area contributed by atoms with Crippen molar-refractivity contribution in [3.8, 4) is 0 Å². The van der Waals surface area contributed by atoms with E-state index in [2.05, 4.69) is 15.0 Å². The van der Waals surface area contributed by atoms with Gasteiger partial charge in [-0.2, -0.15) is 4.98 Å². The molecule has 0 bridgehead atoms. The molecule has 4 atom stereocenters. The van der Waals surface area contributed by atoms with E-state index in [-0.39, 0.29) is 23.7 Å². The number of ether oxygens (including phenoxy) is 3. The van der Waals surface area contributed by atoms with Crippen molar-refractivity contribution in [3.05, 3.63) is 16.7 Å². The minimum Gasteiger partial charge on any atom is -0.386 e. The largest absolute Gasteiger partial charge is 0.386 e. The van der Waals surface area contributed by atoms with Crippen LogP contribution in [0.15, 0.2) is 11.1 Å². The average molecular weight is 311 g/mol. The number of aliphatic hydroxyl groups excluding tert-OH is 1. The lowest BCUT2D eigenvalue weighted by atomic mass is 10.1. The van der Waals surface area contributed by atoms with Crippen molar-refractivity contribution < 1.29 is 19.3 Å². The Morgan fingerprint density at radius 1 is 1.55 bits per heavy atom. The van der Waals surface area contributed by atoms with Crippen LogP contribution in [0.4, 0.5) is 5.95 Å². The van der Waals surface area contributed by atoms with E-state index in [1.165, 1.54) is 25.1 Å². The van der Waals surface area contributed by atoms with Gasteiger partial charge in [-0.1, -0.05) is 0 Å². The number of aliphatic hydroxyl groups is 1. The first-order chi connectivity index (χ1) is 10.6. The number of aromatic amines is 1. The van der Waals surface area contributed by atoms with Gasteiger partial charge in [0.05, 0.1) is 12.9 Å². The number of imidazole rings is 1. The molecule has 1 aliphatic heterocycles. The molecule has 120 valence electrons. The molecule has 22 heavy (non-hydrogen) atoms. The second-order valence-electron chi connectivity index (χ2n) is 4.99. The fraction of sp³-hybridized carbons (Fsp3) is 0.583. The van der Waals surface area contributed by atoms with Gasteiger partial charge in [0.2, 0.25) is 5.95 Å². The Morgan fingerprint density at radius 3 is 3.00 bits per heavy atom. The van der Waals surface area contributed by atoms with E-state index in [1.54, 1.807) is 0 Å². The maximum absolute atomic E-state index is 11.8. The molecule has 0 aliphatic carbocycles. The number of H-pyrrole nitrogens is 1. The maximum Gasteiger partial charge on any atom is 0.280 e. The van der Waals surface area contributed by atoms with Gasteiger partial charge in [0, 0.05) is 14.2 Å². The van der Waals surface area contributed by atoms with Gasteiger partial charge in [-0.05, 0) is 0 Å². The predicted octanol–water partition coefficient (Wildman–Crippen LogP) is -1.38. The topological polar surface area (TPSA) is 138 Å². The highest BCUT2D eigenvalue weighted by Crippen LogP contribution is 2.32. The van der Waals surface area contributed by atoms with Gasteiger partial charge in [0.25, 0.3) is 5.56 Å². The lowest BCUT2D eigenvalue weighted by Gasteiger charge is -2.18. The number of methoxy groups -OCH3 is 2. The Bertz CT molecular complexity index is 728. The van der Waals surface area contributed by atoms with Crippen molar-refractivity contribution in [2.45, 2.75) is 24.5 Å². The zero-order valence-electron chi connectivity index (χ0n) is 12.1. The molecule has 3 heterocycles. The molecular formula is C12H17N5O5. The van der Waals surface area contributed by atoms with Crippen molar-refractivity contribution in [1.29, 1.82) is 0 Å². The second-order valence-corrected chi connectivity index (χ2v) is 4.99. The van der Waals surface area contributed by atoms with Crippen molar-refractivity contribution in [1.82, 2.24) is 19.5 Å². The standard InChI is InChI=1S/C12H17N5O5/c1-20-3-5-8(21-2)7(18)11(22-5)17-4-14-6-9(17)15-12(13)16-10(6)19/h4-5,7-8,11,18H,3H2,1-2H3,(H3,13,15,16,19)/t5-,7?,8?,11-/m1/s1. The number of nitrogens with one attached hydrogen (secondary N) is 1. The molecule has 0 amide bonds. The Morgan fingerprint density at radius 2 is 2.32 bits per heavy atom. The molecule has 1 saturated heterocycles. The number of hydrogen-bond acceptors (Lipinski definition) is 8. The predicted molar refractivity (Wildman–Crippen MR) is 75.2 cm³/mol.